The Balaban J connectivity index is 2.35. The fourth-order valence-corrected chi connectivity index (χ4v) is 1.15. The van der Waals surface area contributed by atoms with Crippen LogP contribution >= 0.6 is 0 Å². The summed E-state index contributed by atoms with van der Waals surface area (Å²) in [7, 11) is 1.57. The number of methoxy groups -OCH3 is 1. The topological polar surface area (TPSA) is 78.9 Å². The van der Waals surface area contributed by atoms with Crippen LogP contribution in [0.5, 0.6) is 5.88 Å². The summed E-state index contributed by atoms with van der Waals surface area (Å²) in [6.45, 7) is 0.316. The number of rotatable bonds is 3. The lowest BCUT2D eigenvalue weighted by Gasteiger charge is -2.01. The van der Waals surface area contributed by atoms with Crippen molar-refractivity contribution in [1.82, 2.24) is 19.7 Å². The van der Waals surface area contributed by atoms with E-state index >= 15 is 0 Å². The van der Waals surface area contributed by atoms with Gasteiger partial charge in [0.15, 0.2) is 11.6 Å². The van der Waals surface area contributed by atoms with Crippen LogP contribution in [-0.4, -0.2) is 26.9 Å². The third-order valence-corrected chi connectivity index (χ3v) is 1.87. The number of pyridine rings is 1. The molecule has 6 nitrogen and oxygen atoms in total. The van der Waals surface area contributed by atoms with Gasteiger partial charge in [-0.1, -0.05) is 6.07 Å². The first-order chi connectivity index (χ1) is 7.33. The molecule has 2 aromatic heterocycles. The Morgan fingerprint density at radius 3 is 3.00 bits per heavy atom. The first-order valence-electron chi connectivity index (χ1n) is 4.45. The maximum atomic E-state index is 5.41. The van der Waals surface area contributed by atoms with Crippen molar-refractivity contribution >= 4 is 0 Å². The molecular formula is C9H11N5O. The standard InChI is InChI=1S/C9H11N5O/c1-15-9-4-2-3-8(12-9)14-6-11-7(5-10)13-14/h2-4,6H,5,10H2,1H3. The number of hydrogen-bond acceptors (Lipinski definition) is 5. The highest BCUT2D eigenvalue weighted by Gasteiger charge is 2.03. The fraction of sp³-hybridized carbons (Fsp3) is 0.222. The average Bonchev–Trinajstić information content (AvgIpc) is 2.78. The lowest BCUT2D eigenvalue weighted by Crippen LogP contribution is -2.02. The second-order valence-electron chi connectivity index (χ2n) is 2.85. The van der Waals surface area contributed by atoms with Crippen molar-refractivity contribution in [2.45, 2.75) is 6.54 Å². The first kappa shape index (κ1) is 9.60. The maximum absolute atomic E-state index is 5.41. The van der Waals surface area contributed by atoms with Crippen molar-refractivity contribution in [3.8, 4) is 11.7 Å². The lowest BCUT2D eigenvalue weighted by atomic mass is 10.4. The molecule has 0 aromatic carbocycles. The van der Waals surface area contributed by atoms with Crippen molar-refractivity contribution in [1.29, 1.82) is 0 Å². The maximum Gasteiger partial charge on any atom is 0.214 e. The number of ether oxygens (including phenoxy) is 1. The minimum atomic E-state index is 0.316. The van der Waals surface area contributed by atoms with E-state index in [2.05, 4.69) is 15.1 Å². The van der Waals surface area contributed by atoms with Gasteiger partial charge >= 0.3 is 0 Å². The molecule has 0 bridgehead atoms. The Morgan fingerprint density at radius 2 is 2.33 bits per heavy atom. The van der Waals surface area contributed by atoms with E-state index < -0.39 is 0 Å². The van der Waals surface area contributed by atoms with Crippen LogP contribution in [0.1, 0.15) is 5.82 Å². The van der Waals surface area contributed by atoms with Crippen LogP contribution in [0.25, 0.3) is 5.82 Å². The highest BCUT2D eigenvalue weighted by atomic mass is 16.5. The largest absolute Gasteiger partial charge is 0.481 e. The van der Waals surface area contributed by atoms with Gasteiger partial charge in [0, 0.05) is 6.07 Å². The predicted molar refractivity (Wildman–Crippen MR) is 53.6 cm³/mol. The molecule has 0 spiro atoms. The van der Waals surface area contributed by atoms with E-state index in [0.29, 0.717) is 24.1 Å². The summed E-state index contributed by atoms with van der Waals surface area (Å²) in [5.74, 6) is 1.78. The summed E-state index contributed by atoms with van der Waals surface area (Å²) in [4.78, 5) is 8.22. The molecule has 0 aliphatic carbocycles. The number of hydrogen-bond donors (Lipinski definition) is 1. The van der Waals surface area contributed by atoms with Gasteiger partial charge in [0.2, 0.25) is 5.88 Å². The number of nitrogens with zero attached hydrogens (tertiary/aromatic N) is 4. The molecule has 0 amide bonds. The summed E-state index contributed by atoms with van der Waals surface area (Å²) in [6.07, 6.45) is 1.57. The Bertz CT molecular complexity index is 453. The van der Waals surface area contributed by atoms with Gasteiger partial charge in [0.1, 0.15) is 6.33 Å². The molecule has 78 valence electrons. The van der Waals surface area contributed by atoms with E-state index in [4.69, 9.17) is 10.5 Å². The molecule has 0 saturated heterocycles. The van der Waals surface area contributed by atoms with E-state index in [-0.39, 0.29) is 0 Å². The summed E-state index contributed by atoms with van der Waals surface area (Å²) in [6, 6.07) is 5.42. The highest BCUT2D eigenvalue weighted by Crippen LogP contribution is 2.09. The molecule has 0 unspecified atom stereocenters. The molecule has 0 saturated carbocycles. The smallest absolute Gasteiger partial charge is 0.214 e. The SMILES string of the molecule is COc1cccc(-n2cnc(CN)n2)n1. The van der Waals surface area contributed by atoms with Crippen LogP contribution < -0.4 is 10.5 Å². The number of aromatic nitrogens is 4. The molecule has 0 fully saturated rings. The van der Waals surface area contributed by atoms with Gasteiger partial charge in [0.25, 0.3) is 0 Å². The van der Waals surface area contributed by atoms with Gasteiger partial charge in [-0.15, -0.1) is 5.10 Å². The van der Waals surface area contributed by atoms with Crippen LogP contribution in [0.2, 0.25) is 0 Å². The normalized spacial score (nSPS) is 10.3. The van der Waals surface area contributed by atoms with Crippen molar-refractivity contribution in [2.24, 2.45) is 5.73 Å². The minimum Gasteiger partial charge on any atom is -0.481 e. The molecule has 2 aromatic rings. The van der Waals surface area contributed by atoms with Gasteiger partial charge in [-0.05, 0) is 6.07 Å². The van der Waals surface area contributed by atoms with Crippen LogP contribution in [0, 0.1) is 0 Å². The summed E-state index contributed by atoms with van der Waals surface area (Å²) in [5, 5.41) is 4.14. The zero-order valence-electron chi connectivity index (χ0n) is 8.29. The average molecular weight is 205 g/mol. The molecule has 0 aliphatic heterocycles. The lowest BCUT2D eigenvalue weighted by molar-refractivity contribution is 0.397. The van der Waals surface area contributed by atoms with Gasteiger partial charge in [-0.25, -0.2) is 9.67 Å². The fourth-order valence-electron chi connectivity index (χ4n) is 1.15. The zero-order valence-corrected chi connectivity index (χ0v) is 8.29. The van der Waals surface area contributed by atoms with Crippen molar-refractivity contribution in [3.63, 3.8) is 0 Å². The first-order valence-corrected chi connectivity index (χ1v) is 4.45. The molecular weight excluding hydrogens is 194 g/mol. The van der Waals surface area contributed by atoms with E-state index in [1.807, 2.05) is 12.1 Å². The van der Waals surface area contributed by atoms with E-state index in [1.165, 1.54) is 0 Å². The van der Waals surface area contributed by atoms with Gasteiger partial charge < -0.3 is 10.5 Å². The van der Waals surface area contributed by atoms with Crippen LogP contribution in [-0.2, 0) is 6.54 Å². The third-order valence-electron chi connectivity index (χ3n) is 1.87. The van der Waals surface area contributed by atoms with Gasteiger partial charge in [0.05, 0.1) is 13.7 Å². The Kier molecular flexibility index (Phi) is 2.59. The summed E-state index contributed by atoms with van der Waals surface area (Å²) < 4.78 is 6.57. The van der Waals surface area contributed by atoms with E-state index in [0.717, 1.165) is 0 Å². The minimum absolute atomic E-state index is 0.316. The van der Waals surface area contributed by atoms with E-state index in [9.17, 15) is 0 Å². The molecule has 15 heavy (non-hydrogen) atoms. The van der Waals surface area contributed by atoms with Crippen molar-refractivity contribution < 1.29 is 4.74 Å². The zero-order chi connectivity index (χ0) is 10.7. The highest BCUT2D eigenvalue weighted by molar-refractivity contribution is 5.25. The molecule has 2 N–H and O–H groups in total. The molecule has 2 heterocycles. The molecule has 0 atom stereocenters. The molecule has 0 radical (unpaired) electrons. The monoisotopic (exact) mass is 205 g/mol. The van der Waals surface area contributed by atoms with Crippen LogP contribution in [0.15, 0.2) is 24.5 Å². The van der Waals surface area contributed by atoms with Crippen molar-refractivity contribution in [2.75, 3.05) is 7.11 Å². The van der Waals surface area contributed by atoms with Gasteiger partial charge in [-0.2, -0.15) is 4.98 Å². The Morgan fingerprint density at radius 1 is 1.47 bits per heavy atom. The number of nitrogens with two attached hydrogens (primary N) is 1. The quantitative estimate of drug-likeness (QED) is 0.770. The molecule has 0 aliphatic rings. The summed E-state index contributed by atoms with van der Waals surface area (Å²) >= 11 is 0. The van der Waals surface area contributed by atoms with Crippen molar-refractivity contribution in [3.05, 3.63) is 30.4 Å². The van der Waals surface area contributed by atoms with Gasteiger partial charge in [-0.3, -0.25) is 0 Å². The molecule has 6 heteroatoms. The van der Waals surface area contributed by atoms with E-state index in [1.54, 1.807) is 24.2 Å². The Labute approximate surface area is 86.7 Å². The predicted octanol–water partition coefficient (Wildman–Crippen LogP) is 0.130. The van der Waals surface area contributed by atoms with Crippen LogP contribution in [0.3, 0.4) is 0 Å². The second kappa shape index (κ2) is 4.05. The summed E-state index contributed by atoms with van der Waals surface area (Å²) in [5.41, 5.74) is 5.41. The molecule has 2 rings (SSSR count). The van der Waals surface area contributed by atoms with Crippen LogP contribution in [0.4, 0.5) is 0 Å². The second-order valence-corrected chi connectivity index (χ2v) is 2.85. The Hall–Kier alpha value is -1.95. The third kappa shape index (κ3) is 1.94.